The van der Waals surface area contributed by atoms with Crippen LogP contribution in [-0.4, -0.2) is 63.7 Å². The molecule has 4 atom stereocenters. The molecule has 2 rings (SSSR count). The summed E-state index contributed by atoms with van der Waals surface area (Å²) in [6.07, 6.45) is 1.02. The van der Waals surface area contributed by atoms with E-state index in [0.29, 0.717) is 12.0 Å². The first-order chi connectivity index (χ1) is 12.7. The Morgan fingerprint density at radius 1 is 1.26 bits per heavy atom. The second kappa shape index (κ2) is 9.25. The summed E-state index contributed by atoms with van der Waals surface area (Å²) in [6, 6.07) is 0. The first-order valence-corrected chi connectivity index (χ1v) is 9.11. The Labute approximate surface area is 156 Å². The summed E-state index contributed by atoms with van der Waals surface area (Å²) in [7, 11) is -2.66. The zero-order chi connectivity index (χ0) is 20.1. The third-order valence-electron chi connectivity index (χ3n) is 3.77. The van der Waals surface area contributed by atoms with Gasteiger partial charge in [0.05, 0.1) is 6.61 Å². The predicted molar refractivity (Wildman–Crippen MR) is 90.0 cm³/mol. The van der Waals surface area contributed by atoms with E-state index in [-0.39, 0.29) is 6.61 Å². The minimum Gasteiger partial charge on any atom is -0.456 e. The van der Waals surface area contributed by atoms with Crippen molar-refractivity contribution < 1.29 is 42.9 Å². The van der Waals surface area contributed by atoms with E-state index < -0.39 is 51.0 Å². The number of ether oxygens (including phenoxy) is 3. The zero-order valence-corrected chi connectivity index (χ0v) is 15.6. The number of allylic oxidation sites excluding steroid dienone is 1. The van der Waals surface area contributed by atoms with Crippen LogP contribution in [0.25, 0.3) is 0 Å². The highest BCUT2D eigenvalue weighted by Gasteiger charge is 2.51. The van der Waals surface area contributed by atoms with Crippen molar-refractivity contribution in [3.8, 4) is 0 Å². The zero-order valence-electron chi connectivity index (χ0n) is 14.7. The largest absolute Gasteiger partial charge is 0.456 e. The molecule has 12 heteroatoms. The molecular formula is C15H21N2O9P. The molecule has 0 spiro atoms. The summed E-state index contributed by atoms with van der Waals surface area (Å²) in [5.74, 6) is -1.91. The lowest BCUT2D eigenvalue weighted by Gasteiger charge is -2.30. The molecule has 4 unspecified atom stereocenters. The molecule has 2 aliphatic heterocycles. The number of primary amides is 1. The van der Waals surface area contributed by atoms with E-state index in [0.717, 1.165) is 0 Å². The van der Waals surface area contributed by atoms with Crippen LogP contribution in [0.2, 0.25) is 0 Å². The molecule has 0 aliphatic carbocycles. The Morgan fingerprint density at radius 2 is 1.89 bits per heavy atom. The lowest BCUT2D eigenvalue weighted by molar-refractivity contribution is -0.166. The van der Waals surface area contributed by atoms with E-state index >= 15 is 0 Å². The van der Waals surface area contributed by atoms with Crippen LogP contribution in [0.5, 0.6) is 0 Å². The summed E-state index contributed by atoms with van der Waals surface area (Å²) < 4.78 is 21.1. The highest BCUT2D eigenvalue weighted by molar-refractivity contribution is 7.39. The maximum Gasteiger partial charge on any atom is 0.327 e. The fourth-order valence-corrected chi connectivity index (χ4v) is 3.05. The van der Waals surface area contributed by atoms with Gasteiger partial charge in [0.25, 0.3) is 0 Å². The van der Waals surface area contributed by atoms with E-state index in [9.17, 15) is 14.4 Å². The van der Waals surface area contributed by atoms with Crippen molar-refractivity contribution in [3.05, 3.63) is 24.0 Å². The molecule has 0 aromatic rings. The van der Waals surface area contributed by atoms with Gasteiger partial charge in [0, 0.05) is 31.8 Å². The van der Waals surface area contributed by atoms with Crippen LogP contribution in [0, 0.1) is 0 Å². The average Bonchev–Trinajstić information content (AvgIpc) is 2.89. The highest BCUT2D eigenvalue weighted by atomic mass is 31.2. The van der Waals surface area contributed by atoms with Crippen LogP contribution < -0.4 is 5.73 Å². The third kappa shape index (κ3) is 5.72. The number of amides is 1. The number of hydrogen-bond acceptors (Lipinski definition) is 10. The van der Waals surface area contributed by atoms with Crippen LogP contribution in [0.4, 0.5) is 0 Å². The normalized spacial score (nSPS) is 27.4. The molecule has 0 aromatic heterocycles. The molecule has 1 saturated heterocycles. The fourth-order valence-electron chi connectivity index (χ4n) is 2.77. The number of hydrogen-bond donors (Lipinski definition) is 3. The Morgan fingerprint density at radius 3 is 2.44 bits per heavy atom. The molecule has 150 valence electrons. The topological polar surface area (TPSA) is 158 Å². The Balaban J connectivity index is 2.31. The molecule has 1 fully saturated rings. The van der Waals surface area contributed by atoms with E-state index in [4.69, 9.17) is 34.3 Å². The summed E-state index contributed by atoms with van der Waals surface area (Å²) in [6.45, 7) is 2.03. The number of nitrogens with zero attached hydrogens (tertiary/aromatic N) is 1. The summed E-state index contributed by atoms with van der Waals surface area (Å²) in [5.41, 5.74) is 5.61. The van der Waals surface area contributed by atoms with Crippen molar-refractivity contribution in [1.29, 1.82) is 0 Å². The van der Waals surface area contributed by atoms with Crippen LogP contribution >= 0.6 is 8.60 Å². The van der Waals surface area contributed by atoms with Gasteiger partial charge in [0.1, 0.15) is 6.10 Å². The van der Waals surface area contributed by atoms with E-state index in [1.165, 1.54) is 24.9 Å². The lowest BCUT2D eigenvalue weighted by atomic mass is 10.1. The Hall–Kier alpha value is -2.04. The minimum atomic E-state index is -2.66. The quantitative estimate of drug-likeness (QED) is 0.369. The van der Waals surface area contributed by atoms with Crippen molar-refractivity contribution in [3.63, 3.8) is 0 Å². The van der Waals surface area contributed by atoms with Crippen molar-refractivity contribution in [2.45, 2.75) is 44.8 Å². The van der Waals surface area contributed by atoms with Gasteiger partial charge in [-0.1, -0.05) is 6.08 Å². The van der Waals surface area contributed by atoms with Gasteiger partial charge in [0.15, 0.2) is 18.4 Å². The number of carbonyl (C=O) groups is 3. The van der Waals surface area contributed by atoms with E-state index in [1.54, 1.807) is 12.3 Å². The smallest absolute Gasteiger partial charge is 0.327 e. The van der Waals surface area contributed by atoms with E-state index in [1.807, 2.05) is 0 Å². The second-order valence-electron chi connectivity index (χ2n) is 5.82. The SMILES string of the molecule is CC(=O)OC1C(COP(O)O)OC(N2C=CCC(C(N)=O)=C2)C1OC(C)=O. The van der Waals surface area contributed by atoms with E-state index in [2.05, 4.69) is 0 Å². The standard InChI is InChI=1S/C15H21N2O9P/c1-8(18)24-12-11(7-23-27(21)22)26-15(13(12)25-9(2)19)17-5-3-4-10(6-17)14(16)20/h3,5-6,11-13,15,21-22H,4,7H2,1-2H3,(H2,16,20). The molecule has 27 heavy (non-hydrogen) atoms. The number of nitrogens with two attached hydrogens (primary N) is 1. The lowest BCUT2D eigenvalue weighted by Crippen LogP contribution is -2.44. The van der Waals surface area contributed by atoms with Crippen molar-refractivity contribution in [2.24, 2.45) is 5.73 Å². The van der Waals surface area contributed by atoms with Gasteiger partial charge in [-0.25, -0.2) is 0 Å². The van der Waals surface area contributed by atoms with Gasteiger partial charge < -0.3 is 39.2 Å². The van der Waals surface area contributed by atoms with Gasteiger partial charge in [-0.15, -0.1) is 0 Å². The van der Waals surface area contributed by atoms with Gasteiger partial charge in [-0.3, -0.25) is 14.4 Å². The minimum absolute atomic E-state index is 0.306. The molecule has 11 nitrogen and oxygen atoms in total. The summed E-state index contributed by atoms with van der Waals surface area (Å²) in [4.78, 5) is 53.9. The molecule has 0 radical (unpaired) electrons. The van der Waals surface area contributed by atoms with Crippen molar-refractivity contribution in [1.82, 2.24) is 4.90 Å². The molecule has 2 aliphatic rings. The van der Waals surface area contributed by atoms with Crippen LogP contribution in [0.15, 0.2) is 24.0 Å². The predicted octanol–water partition coefficient (Wildman–Crippen LogP) is -0.609. The molecule has 1 amide bonds. The molecule has 0 aromatic carbocycles. The Bertz CT molecular complexity index is 651. The maximum absolute atomic E-state index is 11.6. The van der Waals surface area contributed by atoms with Gasteiger partial charge in [0.2, 0.25) is 5.91 Å². The maximum atomic E-state index is 11.6. The van der Waals surface area contributed by atoms with Crippen LogP contribution in [0.1, 0.15) is 20.3 Å². The molecule has 0 saturated carbocycles. The molecular weight excluding hydrogens is 383 g/mol. The first-order valence-electron chi connectivity index (χ1n) is 7.94. The third-order valence-corrected chi connectivity index (χ3v) is 4.15. The van der Waals surface area contributed by atoms with Gasteiger partial charge in [-0.2, -0.15) is 0 Å². The van der Waals surface area contributed by atoms with Gasteiger partial charge >= 0.3 is 20.5 Å². The molecule has 4 N–H and O–H groups in total. The second-order valence-corrected chi connectivity index (χ2v) is 6.58. The molecule has 2 heterocycles. The highest BCUT2D eigenvalue weighted by Crippen LogP contribution is 2.34. The van der Waals surface area contributed by atoms with Crippen molar-refractivity contribution in [2.75, 3.05) is 6.61 Å². The fraction of sp³-hybridized carbons (Fsp3) is 0.533. The van der Waals surface area contributed by atoms with Crippen LogP contribution in [-0.2, 0) is 33.1 Å². The number of carbonyl (C=O) groups excluding carboxylic acids is 3. The van der Waals surface area contributed by atoms with Crippen LogP contribution in [0.3, 0.4) is 0 Å². The number of esters is 2. The first kappa shape index (κ1) is 21.3. The van der Waals surface area contributed by atoms with Gasteiger partial charge in [-0.05, 0) is 6.42 Å². The van der Waals surface area contributed by atoms with Crippen molar-refractivity contribution >= 4 is 26.4 Å². The average molecular weight is 404 g/mol. The number of rotatable bonds is 7. The Kier molecular flexibility index (Phi) is 7.28. The molecule has 0 bridgehead atoms. The monoisotopic (exact) mass is 404 g/mol. The summed E-state index contributed by atoms with van der Waals surface area (Å²) >= 11 is 0. The summed E-state index contributed by atoms with van der Waals surface area (Å²) in [5, 5.41) is 0.